The van der Waals surface area contributed by atoms with Crippen molar-refractivity contribution in [2.24, 2.45) is 16.6 Å². The number of amidine groups is 1. The Morgan fingerprint density at radius 1 is 1.36 bits per heavy atom. The molecule has 1 fully saturated rings. The number of fused-ring (bicyclic) bond motifs is 4. The number of ether oxygens (including phenoxy) is 1. The molecule has 0 bridgehead atoms. The van der Waals surface area contributed by atoms with E-state index in [9.17, 15) is 4.79 Å². The zero-order chi connectivity index (χ0) is 19.3. The van der Waals surface area contributed by atoms with Crippen molar-refractivity contribution in [1.82, 2.24) is 4.98 Å². The number of hydrogen-bond acceptors (Lipinski definition) is 7. The number of hydrogen-bond donors (Lipinski definition) is 1. The average Bonchev–Trinajstić information content (AvgIpc) is 3.29. The van der Waals surface area contributed by atoms with E-state index in [1.165, 1.54) is 19.1 Å². The number of nitrogens with zero attached hydrogens (tertiary/aromatic N) is 2. The van der Waals surface area contributed by atoms with Gasteiger partial charge in [0.1, 0.15) is 29.3 Å². The fourth-order valence-electron chi connectivity index (χ4n) is 4.82. The van der Waals surface area contributed by atoms with E-state index in [1.54, 1.807) is 18.7 Å². The van der Waals surface area contributed by atoms with Crippen LogP contribution in [0.3, 0.4) is 0 Å². The lowest BCUT2D eigenvalue weighted by atomic mass is 9.68. The van der Waals surface area contributed by atoms with Gasteiger partial charge in [0.15, 0.2) is 16.8 Å². The predicted molar refractivity (Wildman–Crippen MR) is 108 cm³/mol. The summed E-state index contributed by atoms with van der Waals surface area (Å²) in [6.45, 7) is 1.73. The molecule has 7 heteroatoms. The Bertz CT molecular complexity index is 970. The van der Waals surface area contributed by atoms with Gasteiger partial charge in [0, 0.05) is 30.6 Å². The van der Waals surface area contributed by atoms with Gasteiger partial charge in [-0.15, -0.1) is 0 Å². The van der Waals surface area contributed by atoms with Gasteiger partial charge in [0.25, 0.3) is 0 Å². The molecule has 2 aliphatic heterocycles. The summed E-state index contributed by atoms with van der Waals surface area (Å²) in [5.41, 5.74) is 8.16. The Morgan fingerprint density at radius 2 is 2.21 bits per heavy atom. The highest BCUT2D eigenvalue weighted by Crippen LogP contribution is 2.54. The van der Waals surface area contributed by atoms with Gasteiger partial charge < -0.3 is 14.9 Å². The first-order valence-corrected chi connectivity index (χ1v) is 10.8. The molecule has 5 rings (SSSR count). The molecule has 3 atom stereocenters. The predicted octanol–water partition coefficient (Wildman–Crippen LogP) is 3.62. The minimum atomic E-state index is -0.336. The molecule has 2 N–H and O–H groups in total. The van der Waals surface area contributed by atoms with Crippen LogP contribution in [0.1, 0.15) is 53.2 Å². The molecule has 2 unspecified atom stereocenters. The number of nitrogens with two attached hydrogens (primary N) is 1. The average molecular weight is 398 g/mol. The number of oxazole rings is 1. The number of aliphatic imine (C=N–C) groups is 1. The van der Waals surface area contributed by atoms with Crippen LogP contribution in [0.2, 0.25) is 0 Å². The molecule has 1 aromatic heterocycles. The molecule has 28 heavy (non-hydrogen) atoms. The normalized spacial score (nSPS) is 28.4. The van der Waals surface area contributed by atoms with Gasteiger partial charge in [-0.2, -0.15) is 0 Å². The molecule has 0 amide bonds. The molecule has 3 heterocycles. The molecule has 0 radical (unpaired) electrons. The molecule has 1 aliphatic carbocycles. The molecular weight excluding hydrogens is 374 g/mol. The van der Waals surface area contributed by atoms with Crippen molar-refractivity contribution in [3.05, 3.63) is 47.2 Å². The van der Waals surface area contributed by atoms with Gasteiger partial charge in [-0.05, 0) is 37.0 Å². The fraction of sp³-hybridized carbons (Fsp3) is 0.476. The molecule has 3 aliphatic rings. The summed E-state index contributed by atoms with van der Waals surface area (Å²) in [4.78, 5) is 21.7. The van der Waals surface area contributed by atoms with E-state index in [2.05, 4.69) is 11.1 Å². The minimum Gasteiger partial charge on any atom is -0.490 e. The van der Waals surface area contributed by atoms with Gasteiger partial charge in [-0.3, -0.25) is 4.79 Å². The van der Waals surface area contributed by atoms with E-state index in [1.807, 2.05) is 12.1 Å². The number of benzene rings is 1. The number of rotatable bonds is 3. The first kappa shape index (κ1) is 17.8. The highest BCUT2D eigenvalue weighted by Gasteiger charge is 2.53. The number of aromatic nitrogens is 1. The highest BCUT2D eigenvalue weighted by atomic mass is 32.2. The number of carbonyl (C=O) groups is 1. The number of carbonyl (C=O) groups excluding carboxylic acids is 1. The molecule has 146 valence electrons. The molecule has 2 aromatic rings. The third-order valence-corrected chi connectivity index (χ3v) is 7.10. The van der Waals surface area contributed by atoms with Crippen LogP contribution in [0.15, 0.2) is 33.9 Å². The van der Waals surface area contributed by atoms with E-state index in [4.69, 9.17) is 19.9 Å². The quantitative estimate of drug-likeness (QED) is 0.796. The van der Waals surface area contributed by atoms with E-state index >= 15 is 0 Å². The summed E-state index contributed by atoms with van der Waals surface area (Å²) in [6, 6.07) is 6.05. The molecule has 1 spiro atoms. The van der Waals surface area contributed by atoms with Gasteiger partial charge >= 0.3 is 0 Å². The van der Waals surface area contributed by atoms with E-state index in [0.29, 0.717) is 22.7 Å². The third-order valence-electron chi connectivity index (χ3n) is 6.12. The molecular formula is C21H23N3O3S. The van der Waals surface area contributed by atoms with Crippen LogP contribution in [0.25, 0.3) is 0 Å². The summed E-state index contributed by atoms with van der Waals surface area (Å²) in [7, 11) is 0. The molecule has 0 saturated heterocycles. The van der Waals surface area contributed by atoms with Crippen molar-refractivity contribution in [3.63, 3.8) is 0 Å². The Labute approximate surface area is 167 Å². The lowest BCUT2D eigenvalue weighted by Crippen LogP contribution is -2.49. The lowest BCUT2D eigenvalue weighted by Gasteiger charge is -2.47. The summed E-state index contributed by atoms with van der Waals surface area (Å²) >= 11 is 1.62. The van der Waals surface area contributed by atoms with Crippen LogP contribution >= 0.6 is 11.8 Å². The van der Waals surface area contributed by atoms with Crippen molar-refractivity contribution in [1.29, 1.82) is 0 Å². The summed E-state index contributed by atoms with van der Waals surface area (Å²) in [6.07, 6.45) is 6.46. The molecule has 1 saturated carbocycles. The third kappa shape index (κ3) is 2.83. The summed E-state index contributed by atoms with van der Waals surface area (Å²) in [5.74, 6) is 2.51. The van der Waals surface area contributed by atoms with E-state index in [0.717, 1.165) is 35.5 Å². The lowest BCUT2D eigenvalue weighted by molar-refractivity contribution is 0.0267. The first-order chi connectivity index (χ1) is 13.5. The van der Waals surface area contributed by atoms with Crippen LogP contribution in [0.5, 0.6) is 5.75 Å². The fourth-order valence-corrected chi connectivity index (χ4v) is 5.85. The highest BCUT2D eigenvalue weighted by molar-refractivity contribution is 8.14. The van der Waals surface area contributed by atoms with Gasteiger partial charge in [-0.1, -0.05) is 24.2 Å². The Kier molecular flexibility index (Phi) is 4.23. The Morgan fingerprint density at radius 3 is 2.96 bits per heavy atom. The van der Waals surface area contributed by atoms with Crippen molar-refractivity contribution in [2.45, 2.75) is 50.7 Å². The number of aryl methyl sites for hydroxylation is 1. The number of Topliss-reactive ketones (excluding diaryl/α,β-unsaturated/α-hetero) is 1. The Balaban J connectivity index is 1.52. The van der Waals surface area contributed by atoms with Gasteiger partial charge in [0.2, 0.25) is 0 Å². The van der Waals surface area contributed by atoms with Crippen LogP contribution in [0, 0.1) is 12.8 Å². The maximum absolute atomic E-state index is 12.6. The van der Waals surface area contributed by atoms with Crippen LogP contribution in [0.4, 0.5) is 0 Å². The maximum Gasteiger partial charge on any atom is 0.191 e. The minimum absolute atomic E-state index is 0.0538. The van der Waals surface area contributed by atoms with Crippen LogP contribution in [-0.2, 0) is 12.0 Å². The standard InChI is InChI=1S/C21H23N3O3S/c1-12-23-16(10-26-12)17(25)9-13-6-7-19-15(8-13)21(11-28-20(22)24-21)14-4-2-3-5-18(14)27-19/h6-8,10,14,18H,2-5,9,11H2,1H3,(H2,22,24)/t14-,18?,21?/m1/s1. The monoisotopic (exact) mass is 397 g/mol. The zero-order valence-corrected chi connectivity index (χ0v) is 16.6. The van der Waals surface area contributed by atoms with Gasteiger partial charge in [-0.25, -0.2) is 9.98 Å². The topological polar surface area (TPSA) is 90.7 Å². The molecule has 1 aromatic carbocycles. The maximum atomic E-state index is 12.6. The number of ketones is 1. The van der Waals surface area contributed by atoms with E-state index < -0.39 is 0 Å². The number of thioether (sulfide) groups is 1. The van der Waals surface area contributed by atoms with E-state index in [-0.39, 0.29) is 23.8 Å². The second kappa shape index (κ2) is 6.65. The second-order valence-corrected chi connectivity index (χ2v) is 8.89. The van der Waals surface area contributed by atoms with Gasteiger partial charge in [0.05, 0.1) is 0 Å². The van der Waals surface area contributed by atoms with Crippen molar-refractivity contribution in [3.8, 4) is 5.75 Å². The largest absolute Gasteiger partial charge is 0.490 e. The smallest absolute Gasteiger partial charge is 0.191 e. The SMILES string of the molecule is Cc1nc(C(=O)Cc2ccc3c(c2)C2(CSC(N)=N2)[C@@H]2CCCCC2O3)co1. The molecule has 6 nitrogen and oxygen atoms in total. The van der Waals surface area contributed by atoms with Crippen molar-refractivity contribution >= 4 is 22.7 Å². The Hall–Kier alpha value is -2.28. The van der Waals surface area contributed by atoms with Crippen LogP contribution < -0.4 is 10.5 Å². The second-order valence-electron chi connectivity index (χ2n) is 7.89. The first-order valence-electron chi connectivity index (χ1n) is 9.79. The van der Waals surface area contributed by atoms with Crippen molar-refractivity contribution < 1.29 is 13.9 Å². The van der Waals surface area contributed by atoms with Crippen molar-refractivity contribution in [2.75, 3.05) is 5.75 Å². The summed E-state index contributed by atoms with van der Waals surface area (Å²) < 4.78 is 11.5. The summed E-state index contributed by atoms with van der Waals surface area (Å²) in [5, 5.41) is 0.650. The zero-order valence-electron chi connectivity index (χ0n) is 15.8. The van der Waals surface area contributed by atoms with Crippen LogP contribution in [-0.4, -0.2) is 27.8 Å².